The molecule has 0 spiro atoms. The van der Waals surface area contributed by atoms with Crippen LogP contribution in [0.1, 0.15) is 34.5 Å². The predicted octanol–water partition coefficient (Wildman–Crippen LogP) is 3.15. The summed E-state index contributed by atoms with van der Waals surface area (Å²) >= 11 is 0. The van der Waals surface area contributed by atoms with E-state index in [2.05, 4.69) is 27.4 Å². The summed E-state index contributed by atoms with van der Waals surface area (Å²) in [5.41, 5.74) is 3.77. The molecule has 1 amide bonds. The van der Waals surface area contributed by atoms with Crippen molar-refractivity contribution in [2.24, 2.45) is 0 Å². The second kappa shape index (κ2) is 7.08. The van der Waals surface area contributed by atoms with Gasteiger partial charge in [0.25, 0.3) is 0 Å². The maximum atomic E-state index is 11.9. The van der Waals surface area contributed by atoms with E-state index in [1.807, 2.05) is 19.1 Å². The Bertz CT molecular complexity index is 869. The third kappa shape index (κ3) is 3.87. The van der Waals surface area contributed by atoms with E-state index in [9.17, 15) is 9.59 Å². The van der Waals surface area contributed by atoms with Gasteiger partial charge in [0.15, 0.2) is 5.78 Å². The number of fused-ring (bicyclic) bond motifs is 1. The molecule has 0 saturated carbocycles. The Balaban J connectivity index is 1.50. The molecule has 122 valence electrons. The first-order valence-corrected chi connectivity index (χ1v) is 7.90. The summed E-state index contributed by atoms with van der Waals surface area (Å²) in [6, 6.07) is 11.6. The summed E-state index contributed by atoms with van der Waals surface area (Å²) in [5.74, 6) is -0.194. The predicted molar refractivity (Wildman–Crippen MR) is 92.7 cm³/mol. The van der Waals surface area contributed by atoms with E-state index >= 15 is 0 Å². The minimum atomic E-state index is -0.127. The van der Waals surface area contributed by atoms with Crippen molar-refractivity contribution in [1.82, 2.24) is 15.3 Å². The normalized spacial score (nSPS) is 10.7. The summed E-state index contributed by atoms with van der Waals surface area (Å²) in [7, 11) is 0. The Labute approximate surface area is 140 Å². The number of pyridine rings is 1. The van der Waals surface area contributed by atoms with Crippen LogP contribution in [0.15, 0.2) is 48.8 Å². The number of H-pyrrole nitrogens is 1. The number of aryl methyl sites for hydroxylation is 1. The summed E-state index contributed by atoms with van der Waals surface area (Å²) < 4.78 is 0. The van der Waals surface area contributed by atoms with Crippen LogP contribution in [0.3, 0.4) is 0 Å². The molecule has 0 saturated heterocycles. The van der Waals surface area contributed by atoms with Gasteiger partial charge in [0.2, 0.25) is 5.91 Å². The van der Waals surface area contributed by atoms with Gasteiger partial charge in [0.1, 0.15) is 0 Å². The van der Waals surface area contributed by atoms with E-state index in [1.165, 1.54) is 6.20 Å². The number of ketones is 1. The maximum absolute atomic E-state index is 11.9. The van der Waals surface area contributed by atoms with Gasteiger partial charge in [-0.25, -0.2) is 0 Å². The van der Waals surface area contributed by atoms with E-state index in [0.717, 1.165) is 22.2 Å². The molecule has 3 rings (SSSR count). The highest BCUT2D eigenvalue weighted by Gasteiger charge is 2.09. The molecule has 0 aliphatic rings. The Kier molecular flexibility index (Phi) is 4.70. The van der Waals surface area contributed by atoms with Crippen molar-refractivity contribution >= 4 is 22.6 Å². The molecule has 1 aromatic carbocycles. The van der Waals surface area contributed by atoms with E-state index in [-0.39, 0.29) is 24.5 Å². The number of hydrogen-bond donors (Lipinski definition) is 2. The second-order valence-corrected chi connectivity index (χ2v) is 5.82. The standard InChI is InChI=1S/C19H19N3O2/c1-13-9-16-10-14(4-5-17(16)22-13)11-21-19(24)7-6-18(23)15-3-2-8-20-12-15/h2-5,8-10,12,22H,6-7,11H2,1H3,(H,21,24). The lowest BCUT2D eigenvalue weighted by Crippen LogP contribution is -2.23. The smallest absolute Gasteiger partial charge is 0.220 e. The number of carbonyl (C=O) groups excluding carboxylic acids is 2. The number of carbonyl (C=O) groups is 2. The number of aromatic amines is 1. The highest BCUT2D eigenvalue weighted by molar-refractivity contribution is 5.97. The lowest BCUT2D eigenvalue weighted by atomic mass is 10.1. The van der Waals surface area contributed by atoms with Crippen LogP contribution >= 0.6 is 0 Å². The van der Waals surface area contributed by atoms with Crippen molar-refractivity contribution in [1.29, 1.82) is 0 Å². The molecule has 0 aliphatic heterocycles. The quantitative estimate of drug-likeness (QED) is 0.685. The Morgan fingerprint density at radius 1 is 1.17 bits per heavy atom. The highest BCUT2D eigenvalue weighted by atomic mass is 16.2. The molecule has 0 radical (unpaired) electrons. The van der Waals surface area contributed by atoms with Gasteiger partial charge in [-0.1, -0.05) is 6.07 Å². The molecule has 3 aromatic rings. The molecule has 2 heterocycles. The fourth-order valence-electron chi connectivity index (χ4n) is 2.63. The van der Waals surface area contributed by atoms with E-state index in [1.54, 1.807) is 18.3 Å². The largest absolute Gasteiger partial charge is 0.359 e. The molecule has 5 heteroatoms. The first-order valence-electron chi connectivity index (χ1n) is 7.90. The van der Waals surface area contributed by atoms with Gasteiger partial charge in [-0.2, -0.15) is 0 Å². The molecule has 2 aromatic heterocycles. The van der Waals surface area contributed by atoms with Crippen LogP contribution in [0.2, 0.25) is 0 Å². The lowest BCUT2D eigenvalue weighted by Gasteiger charge is -2.05. The van der Waals surface area contributed by atoms with E-state index < -0.39 is 0 Å². The molecule has 2 N–H and O–H groups in total. The van der Waals surface area contributed by atoms with Crippen molar-refractivity contribution in [3.63, 3.8) is 0 Å². The summed E-state index contributed by atoms with van der Waals surface area (Å²) in [5, 5.41) is 3.99. The van der Waals surface area contributed by atoms with Crippen molar-refractivity contribution in [3.05, 3.63) is 65.6 Å². The summed E-state index contributed by atoms with van der Waals surface area (Å²) in [6.45, 7) is 2.47. The third-order valence-corrected chi connectivity index (χ3v) is 3.87. The molecule has 0 bridgehead atoms. The molecular weight excluding hydrogens is 302 g/mol. The first-order chi connectivity index (χ1) is 11.6. The van der Waals surface area contributed by atoms with Crippen LogP contribution in [-0.2, 0) is 11.3 Å². The number of amides is 1. The minimum Gasteiger partial charge on any atom is -0.359 e. The highest BCUT2D eigenvalue weighted by Crippen LogP contribution is 2.16. The van der Waals surface area contributed by atoms with Gasteiger partial charge in [-0.3, -0.25) is 14.6 Å². The zero-order chi connectivity index (χ0) is 16.9. The minimum absolute atomic E-state index is 0.0672. The van der Waals surface area contributed by atoms with Crippen LogP contribution in [0.4, 0.5) is 0 Å². The third-order valence-electron chi connectivity index (χ3n) is 3.87. The van der Waals surface area contributed by atoms with Crippen LogP contribution in [0, 0.1) is 6.92 Å². The summed E-state index contributed by atoms with van der Waals surface area (Å²) in [4.78, 5) is 31.1. The van der Waals surface area contributed by atoms with E-state index in [0.29, 0.717) is 12.1 Å². The van der Waals surface area contributed by atoms with E-state index in [4.69, 9.17) is 0 Å². The summed E-state index contributed by atoms with van der Waals surface area (Å²) in [6.07, 6.45) is 3.51. The number of nitrogens with one attached hydrogen (secondary N) is 2. The van der Waals surface area contributed by atoms with Gasteiger partial charge in [-0.15, -0.1) is 0 Å². The zero-order valence-electron chi connectivity index (χ0n) is 13.5. The van der Waals surface area contributed by atoms with Gasteiger partial charge in [-0.05, 0) is 48.2 Å². The number of Topliss-reactive ketones (excluding diaryl/α,β-unsaturated/α-hetero) is 1. The molecular formula is C19H19N3O2. The Hall–Kier alpha value is -2.95. The number of rotatable bonds is 6. The molecule has 0 atom stereocenters. The fourth-order valence-corrected chi connectivity index (χ4v) is 2.63. The molecule has 0 unspecified atom stereocenters. The first kappa shape index (κ1) is 15.9. The molecule has 0 aliphatic carbocycles. The number of hydrogen-bond acceptors (Lipinski definition) is 3. The van der Waals surface area contributed by atoms with Crippen LogP contribution < -0.4 is 5.32 Å². The van der Waals surface area contributed by atoms with Crippen LogP contribution in [0.5, 0.6) is 0 Å². The number of benzene rings is 1. The monoisotopic (exact) mass is 321 g/mol. The number of aromatic nitrogens is 2. The second-order valence-electron chi connectivity index (χ2n) is 5.82. The van der Waals surface area contributed by atoms with Crippen molar-refractivity contribution in [2.75, 3.05) is 0 Å². The SMILES string of the molecule is Cc1cc2cc(CNC(=O)CCC(=O)c3cccnc3)ccc2[nH]1. The fraction of sp³-hybridized carbons (Fsp3) is 0.211. The van der Waals surface area contributed by atoms with Gasteiger partial charge < -0.3 is 10.3 Å². The number of nitrogens with zero attached hydrogens (tertiary/aromatic N) is 1. The van der Waals surface area contributed by atoms with Crippen LogP contribution in [0.25, 0.3) is 10.9 Å². The van der Waals surface area contributed by atoms with Crippen molar-refractivity contribution in [2.45, 2.75) is 26.3 Å². The van der Waals surface area contributed by atoms with Gasteiger partial charge in [0.05, 0.1) is 0 Å². The Morgan fingerprint density at radius 2 is 2.04 bits per heavy atom. The topological polar surface area (TPSA) is 74.8 Å². The van der Waals surface area contributed by atoms with Gasteiger partial charge in [0, 0.05) is 48.6 Å². The lowest BCUT2D eigenvalue weighted by molar-refractivity contribution is -0.121. The average molecular weight is 321 g/mol. The van der Waals surface area contributed by atoms with Crippen molar-refractivity contribution in [3.8, 4) is 0 Å². The van der Waals surface area contributed by atoms with Gasteiger partial charge >= 0.3 is 0 Å². The molecule has 5 nitrogen and oxygen atoms in total. The van der Waals surface area contributed by atoms with Crippen LogP contribution in [-0.4, -0.2) is 21.7 Å². The molecule has 24 heavy (non-hydrogen) atoms. The molecule has 0 fully saturated rings. The van der Waals surface area contributed by atoms with Crippen molar-refractivity contribution < 1.29 is 9.59 Å². The Morgan fingerprint density at radius 3 is 2.83 bits per heavy atom. The zero-order valence-corrected chi connectivity index (χ0v) is 13.5. The maximum Gasteiger partial charge on any atom is 0.220 e. The average Bonchev–Trinajstić information content (AvgIpc) is 2.97.